The molecule has 1 heterocycles. The summed E-state index contributed by atoms with van der Waals surface area (Å²) in [7, 11) is 0. The first-order valence-corrected chi connectivity index (χ1v) is 6.09. The topological polar surface area (TPSA) is 71.2 Å². The van der Waals surface area contributed by atoms with Gasteiger partial charge >= 0.3 is 0 Å². The number of aliphatic hydroxyl groups is 1. The van der Waals surface area contributed by atoms with Gasteiger partial charge in [0.2, 0.25) is 0 Å². The second-order valence-corrected chi connectivity index (χ2v) is 4.41. The van der Waals surface area contributed by atoms with Crippen molar-refractivity contribution in [3.8, 4) is 0 Å². The van der Waals surface area contributed by atoms with Crippen molar-refractivity contribution in [3.05, 3.63) is 18.2 Å². The quantitative estimate of drug-likeness (QED) is 0.705. The van der Waals surface area contributed by atoms with E-state index in [-0.39, 0.29) is 17.9 Å². The van der Waals surface area contributed by atoms with E-state index in [1.165, 1.54) is 0 Å². The highest BCUT2D eigenvalue weighted by molar-refractivity contribution is 7.99. The van der Waals surface area contributed by atoms with Gasteiger partial charge < -0.3 is 16.2 Å². The van der Waals surface area contributed by atoms with Crippen molar-refractivity contribution < 1.29 is 5.11 Å². The van der Waals surface area contributed by atoms with Crippen LogP contribution in [-0.4, -0.2) is 34.2 Å². The van der Waals surface area contributed by atoms with Crippen LogP contribution in [0.4, 0.5) is 11.6 Å². The first-order valence-electron chi connectivity index (χ1n) is 4.80. The van der Waals surface area contributed by atoms with E-state index in [4.69, 9.17) is 10.8 Å². The molecule has 0 saturated heterocycles. The zero-order chi connectivity index (χ0) is 11.3. The summed E-state index contributed by atoms with van der Waals surface area (Å²) in [4.78, 5) is 4.14. The minimum atomic E-state index is 0.150. The third kappa shape index (κ3) is 3.60. The molecule has 0 aromatic carbocycles. The fourth-order valence-electron chi connectivity index (χ4n) is 1.29. The van der Waals surface area contributed by atoms with Crippen LogP contribution in [0.3, 0.4) is 0 Å². The summed E-state index contributed by atoms with van der Waals surface area (Å²) in [6.45, 7) is 2.17. The van der Waals surface area contributed by atoms with Crippen LogP contribution < -0.4 is 11.1 Å². The van der Waals surface area contributed by atoms with Crippen LogP contribution in [0.1, 0.15) is 6.92 Å². The van der Waals surface area contributed by atoms with Crippen molar-refractivity contribution in [1.82, 2.24) is 4.98 Å². The molecule has 0 radical (unpaired) electrons. The number of thioether (sulfide) groups is 1. The van der Waals surface area contributed by atoms with Gasteiger partial charge in [-0.2, -0.15) is 11.8 Å². The smallest absolute Gasteiger partial charge is 0.128 e. The summed E-state index contributed by atoms with van der Waals surface area (Å²) in [6.07, 6.45) is 1.98. The zero-order valence-electron chi connectivity index (χ0n) is 8.97. The normalized spacial score (nSPS) is 14.6. The van der Waals surface area contributed by atoms with Gasteiger partial charge in [-0.1, -0.05) is 6.07 Å². The second-order valence-electron chi connectivity index (χ2n) is 3.34. The van der Waals surface area contributed by atoms with E-state index < -0.39 is 0 Å². The molecule has 0 spiro atoms. The molecule has 15 heavy (non-hydrogen) atoms. The second kappa shape index (κ2) is 5.82. The van der Waals surface area contributed by atoms with Crippen LogP contribution in [0.25, 0.3) is 0 Å². The summed E-state index contributed by atoms with van der Waals surface area (Å²) in [5, 5.41) is 12.5. The van der Waals surface area contributed by atoms with E-state index >= 15 is 0 Å². The predicted molar refractivity (Wildman–Crippen MR) is 66.1 cm³/mol. The monoisotopic (exact) mass is 227 g/mol. The number of nitrogen functional groups attached to an aromatic ring is 1. The Morgan fingerprint density at radius 1 is 1.60 bits per heavy atom. The molecule has 4 N–H and O–H groups in total. The Hall–Kier alpha value is -0.940. The highest BCUT2D eigenvalue weighted by Crippen LogP contribution is 2.15. The van der Waals surface area contributed by atoms with Crippen LogP contribution in [0.15, 0.2) is 18.2 Å². The molecule has 2 unspecified atom stereocenters. The summed E-state index contributed by atoms with van der Waals surface area (Å²) in [5.74, 6) is 1.24. The highest BCUT2D eigenvalue weighted by Gasteiger charge is 2.14. The molecule has 0 bridgehead atoms. The minimum Gasteiger partial charge on any atom is -0.395 e. The van der Waals surface area contributed by atoms with Crippen LogP contribution in [-0.2, 0) is 0 Å². The Balaban J connectivity index is 2.61. The molecule has 1 rings (SSSR count). The van der Waals surface area contributed by atoms with Gasteiger partial charge in [0.25, 0.3) is 0 Å². The molecule has 84 valence electrons. The van der Waals surface area contributed by atoms with Crippen molar-refractivity contribution in [2.75, 3.05) is 23.9 Å². The number of aromatic nitrogens is 1. The standard InChI is InChI=1S/C10H17N3OS/c1-7(8(6-14)15-2)12-10-5-3-4-9(11)13-10/h3-5,7-8,14H,6H2,1-2H3,(H3,11,12,13). The van der Waals surface area contributed by atoms with Crippen LogP contribution in [0.2, 0.25) is 0 Å². The van der Waals surface area contributed by atoms with E-state index in [1.54, 1.807) is 17.8 Å². The molecule has 5 heteroatoms. The Morgan fingerprint density at radius 2 is 2.33 bits per heavy atom. The number of aliphatic hydroxyl groups excluding tert-OH is 1. The third-order valence-corrected chi connectivity index (χ3v) is 3.35. The van der Waals surface area contributed by atoms with Gasteiger partial charge in [-0.25, -0.2) is 4.98 Å². The number of nitrogens with two attached hydrogens (primary N) is 1. The molecule has 0 fully saturated rings. The van der Waals surface area contributed by atoms with Gasteiger partial charge in [-0.05, 0) is 25.3 Å². The third-order valence-electron chi connectivity index (χ3n) is 2.19. The Morgan fingerprint density at radius 3 is 2.87 bits per heavy atom. The summed E-state index contributed by atoms with van der Waals surface area (Å²) >= 11 is 1.63. The summed E-state index contributed by atoms with van der Waals surface area (Å²) in [5.41, 5.74) is 5.57. The lowest BCUT2D eigenvalue weighted by molar-refractivity contribution is 0.288. The molecule has 0 aliphatic carbocycles. The van der Waals surface area contributed by atoms with Gasteiger partial charge in [-0.15, -0.1) is 0 Å². The van der Waals surface area contributed by atoms with Gasteiger partial charge in [-0.3, -0.25) is 0 Å². The molecule has 4 nitrogen and oxygen atoms in total. The van der Waals surface area contributed by atoms with Crippen molar-refractivity contribution >= 4 is 23.4 Å². The van der Waals surface area contributed by atoms with Crippen LogP contribution >= 0.6 is 11.8 Å². The molecule has 0 aliphatic heterocycles. The fourth-order valence-corrected chi connectivity index (χ4v) is 1.92. The van der Waals surface area contributed by atoms with Gasteiger partial charge in [0.15, 0.2) is 0 Å². The molecular weight excluding hydrogens is 210 g/mol. The fraction of sp³-hybridized carbons (Fsp3) is 0.500. The van der Waals surface area contributed by atoms with Crippen LogP contribution in [0, 0.1) is 0 Å². The largest absolute Gasteiger partial charge is 0.395 e. The van der Waals surface area contributed by atoms with Crippen molar-refractivity contribution in [3.63, 3.8) is 0 Å². The van der Waals surface area contributed by atoms with E-state index in [0.29, 0.717) is 5.82 Å². The van der Waals surface area contributed by atoms with Crippen molar-refractivity contribution in [2.24, 2.45) is 0 Å². The number of nitrogens with zero attached hydrogens (tertiary/aromatic N) is 1. The Labute approximate surface area is 94.3 Å². The SMILES string of the molecule is CSC(CO)C(C)Nc1cccc(N)n1. The zero-order valence-corrected chi connectivity index (χ0v) is 9.79. The Kier molecular flexibility index (Phi) is 4.71. The average molecular weight is 227 g/mol. The summed E-state index contributed by atoms with van der Waals surface area (Å²) < 4.78 is 0. The van der Waals surface area contributed by atoms with E-state index in [1.807, 2.05) is 25.3 Å². The average Bonchev–Trinajstić information content (AvgIpc) is 2.19. The van der Waals surface area contributed by atoms with E-state index in [0.717, 1.165) is 5.82 Å². The molecule has 1 aromatic rings. The lowest BCUT2D eigenvalue weighted by atomic mass is 10.2. The first kappa shape index (κ1) is 12.1. The molecule has 0 amide bonds. The number of anilines is 2. The molecule has 0 saturated carbocycles. The molecule has 0 aliphatic rings. The van der Waals surface area contributed by atoms with Gasteiger partial charge in [0.1, 0.15) is 11.6 Å². The molecular formula is C10H17N3OS. The lowest BCUT2D eigenvalue weighted by Crippen LogP contribution is -2.31. The van der Waals surface area contributed by atoms with Crippen molar-refractivity contribution in [1.29, 1.82) is 0 Å². The highest BCUT2D eigenvalue weighted by atomic mass is 32.2. The number of pyridine rings is 1. The van der Waals surface area contributed by atoms with Gasteiger partial charge in [0.05, 0.1) is 6.61 Å². The van der Waals surface area contributed by atoms with E-state index in [2.05, 4.69) is 10.3 Å². The van der Waals surface area contributed by atoms with Crippen molar-refractivity contribution in [2.45, 2.75) is 18.2 Å². The first-order chi connectivity index (χ1) is 7.17. The van der Waals surface area contributed by atoms with Gasteiger partial charge in [0, 0.05) is 11.3 Å². The molecule has 1 aromatic heterocycles. The Bertz CT molecular complexity index is 304. The number of hydrogen-bond donors (Lipinski definition) is 3. The number of nitrogens with one attached hydrogen (secondary N) is 1. The summed E-state index contributed by atoms with van der Waals surface area (Å²) in [6, 6.07) is 5.61. The van der Waals surface area contributed by atoms with Crippen LogP contribution in [0.5, 0.6) is 0 Å². The number of rotatable bonds is 5. The molecule has 2 atom stereocenters. The lowest BCUT2D eigenvalue weighted by Gasteiger charge is -2.21. The minimum absolute atomic E-state index is 0.150. The maximum Gasteiger partial charge on any atom is 0.128 e. The number of hydrogen-bond acceptors (Lipinski definition) is 5. The maximum atomic E-state index is 9.12. The maximum absolute atomic E-state index is 9.12. The predicted octanol–water partition coefficient (Wildman–Crippen LogP) is 1.19. The van der Waals surface area contributed by atoms with E-state index in [9.17, 15) is 0 Å².